The Kier molecular flexibility index (Phi) is 4.70. The maximum Gasteiger partial charge on any atom is 0.231 e. The Morgan fingerprint density at radius 2 is 2.03 bits per heavy atom. The topological polar surface area (TPSA) is 100 Å². The van der Waals surface area contributed by atoms with E-state index >= 15 is 4.39 Å². The molecule has 5 aromatic rings. The summed E-state index contributed by atoms with van der Waals surface area (Å²) in [5.41, 5.74) is 3.04. The van der Waals surface area contributed by atoms with Crippen LogP contribution in [0.5, 0.6) is 0 Å². The number of rotatable bonds is 5. The van der Waals surface area contributed by atoms with Crippen LogP contribution in [0.15, 0.2) is 55.1 Å². The summed E-state index contributed by atoms with van der Waals surface area (Å²) in [7, 11) is 0. The van der Waals surface area contributed by atoms with Gasteiger partial charge in [-0.2, -0.15) is 10.2 Å². The summed E-state index contributed by atoms with van der Waals surface area (Å²) >= 11 is 6.53. The van der Waals surface area contributed by atoms with Crippen molar-refractivity contribution < 1.29 is 13.6 Å². The Morgan fingerprint density at radius 1 is 1.24 bits per heavy atom. The van der Waals surface area contributed by atoms with E-state index in [1.807, 2.05) is 0 Å². The van der Waals surface area contributed by atoms with Crippen LogP contribution in [0.4, 0.5) is 26.0 Å². The summed E-state index contributed by atoms with van der Waals surface area (Å²) in [6.07, 6.45) is 5.60. The number of hydrogen-bond acceptors (Lipinski definition) is 5. The van der Waals surface area contributed by atoms with Crippen LogP contribution in [0.1, 0.15) is 6.42 Å². The van der Waals surface area contributed by atoms with Gasteiger partial charge in [0.15, 0.2) is 11.6 Å². The molecule has 1 aromatic carbocycles. The molecule has 0 unspecified atom stereocenters. The first-order valence-electron chi connectivity index (χ1n) is 10.5. The van der Waals surface area contributed by atoms with E-state index in [4.69, 9.17) is 11.6 Å². The van der Waals surface area contributed by atoms with Crippen molar-refractivity contribution in [1.82, 2.24) is 24.8 Å². The van der Waals surface area contributed by atoms with Crippen molar-refractivity contribution in [3.63, 3.8) is 0 Å². The molecule has 170 valence electrons. The highest BCUT2D eigenvalue weighted by Gasteiger charge is 2.43. The van der Waals surface area contributed by atoms with Gasteiger partial charge in [0.2, 0.25) is 5.91 Å². The van der Waals surface area contributed by atoms with Gasteiger partial charge in [-0.05, 0) is 36.2 Å². The molecule has 1 aliphatic rings. The lowest BCUT2D eigenvalue weighted by Gasteiger charge is -2.14. The van der Waals surface area contributed by atoms with Gasteiger partial charge in [-0.25, -0.2) is 13.3 Å². The molecule has 1 amide bonds. The molecular formula is C23H16ClF2N7O. The highest BCUT2D eigenvalue weighted by Crippen LogP contribution is 2.42. The minimum Gasteiger partial charge on any atom is -0.351 e. The van der Waals surface area contributed by atoms with Gasteiger partial charge in [-0.15, -0.1) is 0 Å². The number of nitrogens with zero attached hydrogens (tertiary/aromatic N) is 4. The summed E-state index contributed by atoms with van der Waals surface area (Å²) in [6.45, 7) is 0. The molecule has 3 N–H and O–H groups in total. The molecule has 0 radical (unpaired) electrons. The SMILES string of the molecule is O=C(Nc1cc2cc(-c3c(Cl)c(F)c(Nc4ccncc4)c4[nH]ncc34)ccn2n1)[C@@H]1C[C@@H]1F. The predicted octanol–water partition coefficient (Wildman–Crippen LogP) is 5.11. The lowest BCUT2D eigenvalue weighted by atomic mass is 10.0. The van der Waals surface area contributed by atoms with Crippen LogP contribution in [0.2, 0.25) is 5.02 Å². The molecule has 8 nitrogen and oxygen atoms in total. The molecule has 34 heavy (non-hydrogen) atoms. The molecule has 11 heteroatoms. The number of pyridine rings is 2. The molecule has 0 saturated heterocycles. The number of H-pyrrole nitrogens is 1. The van der Waals surface area contributed by atoms with Crippen LogP contribution >= 0.6 is 11.6 Å². The average Bonchev–Trinajstić information content (AvgIpc) is 3.19. The van der Waals surface area contributed by atoms with Crippen molar-refractivity contribution >= 4 is 51.1 Å². The smallest absolute Gasteiger partial charge is 0.231 e. The zero-order chi connectivity index (χ0) is 23.4. The highest BCUT2D eigenvalue weighted by atomic mass is 35.5. The van der Waals surface area contributed by atoms with E-state index in [1.165, 1.54) is 0 Å². The Morgan fingerprint density at radius 3 is 2.79 bits per heavy atom. The van der Waals surface area contributed by atoms with Gasteiger partial charge in [0.05, 0.1) is 28.2 Å². The third kappa shape index (κ3) is 3.43. The van der Waals surface area contributed by atoms with E-state index in [1.54, 1.807) is 59.6 Å². The molecule has 6 rings (SSSR count). The maximum absolute atomic E-state index is 15.5. The largest absolute Gasteiger partial charge is 0.351 e. The van der Waals surface area contributed by atoms with Crippen LogP contribution in [0.3, 0.4) is 0 Å². The molecular weight excluding hydrogens is 464 g/mol. The fraction of sp³-hybridized carbons (Fsp3) is 0.130. The fourth-order valence-electron chi connectivity index (χ4n) is 3.96. The molecule has 1 aliphatic carbocycles. The van der Waals surface area contributed by atoms with E-state index in [0.29, 0.717) is 39.1 Å². The minimum absolute atomic E-state index is 0.0643. The maximum atomic E-state index is 15.5. The number of nitrogens with one attached hydrogen (secondary N) is 3. The number of amides is 1. The summed E-state index contributed by atoms with van der Waals surface area (Å²) in [5, 5.41) is 17.5. The van der Waals surface area contributed by atoms with Crippen LogP contribution in [-0.4, -0.2) is 36.9 Å². The molecule has 1 fully saturated rings. The standard InChI is InChI=1S/C23H16ClF2N7O/c24-19-18(15-10-28-31-21(15)22(20(19)26)29-12-1-4-27-5-2-12)11-3-6-33-13(7-11)8-17(32-33)30-23(34)14-9-16(14)25/h1-8,10,14,16H,9H2,(H,27,29)(H,28,31)(H,30,32,34)/t14-,16+/m1/s1. The normalized spacial score (nSPS) is 17.3. The quantitative estimate of drug-likeness (QED) is 0.325. The number of anilines is 3. The fourth-order valence-corrected chi connectivity index (χ4v) is 4.26. The molecule has 4 heterocycles. The van der Waals surface area contributed by atoms with Crippen LogP contribution in [0.25, 0.3) is 27.5 Å². The molecule has 0 bridgehead atoms. The van der Waals surface area contributed by atoms with Gasteiger partial charge in [-0.1, -0.05) is 11.6 Å². The van der Waals surface area contributed by atoms with E-state index in [2.05, 4.69) is 30.9 Å². The van der Waals surface area contributed by atoms with Gasteiger partial charge in [0, 0.05) is 41.3 Å². The third-order valence-electron chi connectivity index (χ3n) is 5.79. The highest BCUT2D eigenvalue weighted by molar-refractivity contribution is 6.36. The zero-order valence-corrected chi connectivity index (χ0v) is 18.1. The lowest BCUT2D eigenvalue weighted by molar-refractivity contribution is -0.117. The van der Waals surface area contributed by atoms with Crippen LogP contribution < -0.4 is 10.6 Å². The van der Waals surface area contributed by atoms with Gasteiger partial charge >= 0.3 is 0 Å². The lowest BCUT2D eigenvalue weighted by Crippen LogP contribution is -2.15. The number of halogens is 3. The van der Waals surface area contributed by atoms with E-state index in [9.17, 15) is 9.18 Å². The number of carbonyl (C=O) groups is 1. The van der Waals surface area contributed by atoms with Crippen molar-refractivity contribution in [2.45, 2.75) is 12.6 Å². The number of aromatic nitrogens is 5. The van der Waals surface area contributed by atoms with Gasteiger partial charge in [-0.3, -0.25) is 14.9 Å². The third-order valence-corrected chi connectivity index (χ3v) is 6.15. The Bertz CT molecular complexity index is 1570. The van der Waals surface area contributed by atoms with Crippen molar-refractivity contribution in [1.29, 1.82) is 0 Å². The minimum atomic E-state index is -1.09. The number of hydrogen-bond donors (Lipinski definition) is 3. The first-order chi connectivity index (χ1) is 16.5. The molecule has 4 aromatic heterocycles. The summed E-state index contributed by atoms with van der Waals surface area (Å²) in [6, 6.07) is 8.61. The van der Waals surface area contributed by atoms with Crippen molar-refractivity contribution in [2.24, 2.45) is 5.92 Å². The van der Waals surface area contributed by atoms with Gasteiger partial charge in [0.1, 0.15) is 11.9 Å². The Balaban J connectivity index is 1.40. The van der Waals surface area contributed by atoms with E-state index in [-0.39, 0.29) is 17.1 Å². The number of fused-ring (bicyclic) bond motifs is 2. The molecule has 0 aliphatic heterocycles. The van der Waals surface area contributed by atoms with E-state index < -0.39 is 23.8 Å². The van der Waals surface area contributed by atoms with Gasteiger partial charge in [0.25, 0.3) is 0 Å². The van der Waals surface area contributed by atoms with Crippen LogP contribution in [-0.2, 0) is 4.79 Å². The predicted molar refractivity (Wildman–Crippen MR) is 124 cm³/mol. The molecule has 1 saturated carbocycles. The first-order valence-corrected chi connectivity index (χ1v) is 10.8. The number of aromatic amines is 1. The monoisotopic (exact) mass is 479 g/mol. The first kappa shape index (κ1) is 20.5. The second-order valence-corrected chi connectivity index (χ2v) is 8.44. The van der Waals surface area contributed by atoms with Crippen molar-refractivity contribution in [2.75, 3.05) is 10.6 Å². The number of carbonyl (C=O) groups excluding carboxylic acids is 1. The Hall–Kier alpha value is -4.05. The molecule has 2 atom stereocenters. The summed E-state index contributed by atoms with van der Waals surface area (Å²) in [5.74, 6) is -1.32. The van der Waals surface area contributed by atoms with Crippen LogP contribution in [0, 0.1) is 11.7 Å². The van der Waals surface area contributed by atoms with Crippen molar-refractivity contribution in [3.05, 3.63) is 66.0 Å². The van der Waals surface area contributed by atoms with Gasteiger partial charge < -0.3 is 10.6 Å². The summed E-state index contributed by atoms with van der Waals surface area (Å²) in [4.78, 5) is 16.0. The van der Waals surface area contributed by atoms with Crippen molar-refractivity contribution in [3.8, 4) is 11.1 Å². The second-order valence-electron chi connectivity index (χ2n) is 8.06. The zero-order valence-electron chi connectivity index (χ0n) is 17.4. The number of benzene rings is 1. The molecule has 0 spiro atoms. The number of alkyl halides is 1. The van der Waals surface area contributed by atoms with E-state index in [0.717, 1.165) is 0 Å². The summed E-state index contributed by atoms with van der Waals surface area (Å²) < 4.78 is 30.2. The second kappa shape index (κ2) is 7.77. The Labute approximate surface area is 195 Å². The average molecular weight is 480 g/mol.